The number of esters is 2. The Morgan fingerprint density at radius 1 is 1.05 bits per heavy atom. The lowest BCUT2D eigenvalue weighted by Crippen LogP contribution is -2.31. The van der Waals surface area contributed by atoms with Gasteiger partial charge in [0.2, 0.25) is 0 Å². The second-order valence-corrected chi connectivity index (χ2v) is 8.10. The molecule has 3 aliphatic carbocycles. The highest BCUT2D eigenvalue weighted by Gasteiger charge is 2.58. The summed E-state index contributed by atoms with van der Waals surface area (Å²) in [5.41, 5.74) is -0.421. The fourth-order valence-electron chi connectivity index (χ4n) is 4.92. The predicted octanol–water partition coefficient (Wildman–Crippen LogP) is 3.11. The van der Waals surface area contributed by atoms with E-state index < -0.39 is 5.60 Å². The minimum Gasteiger partial charge on any atom is -0.460 e. The van der Waals surface area contributed by atoms with Crippen LogP contribution in [0.2, 0.25) is 0 Å². The third kappa shape index (κ3) is 2.80. The summed E-state index contributed by atoms with van der Waals surface area (Å²) in [6, 6.07) is 0. The van der Waals surface area contributed by atoms with Crippen molar-refractivity contribution < 1.29 is 19.1 Å². The predicted molar refractivity (Wildman–Crippen MR) is 81.8 cm³/mol. The summed E-state index contributed by atoms with van der Waals surface area (Å²) < 4.78 is 11.1. The van der Waals surface area contributed by atoms with Crippen molar-refractivity contribution in [3.05, 3.63) is 12.7 Å². The van der Waals surface area contributed by atoms with Gasteiger partial charge in [0.05, 0.1) is 5.92 Å². The van der Waals surface area contributed by atoms with Crippen molar-refractivity contribution in [1.29, 1.82) is 0 Å². The molecule has 0 heterocycles. The summed E-state index contributed by atoms with van der Waals surface area (Å²) >= 11 is 0. The molecule has 0 aromatic rings. The standard InChI is InChI=1S/C18H26O4/c1-5-16(19)21-15-9-10-6-14(15)13-8-11(7-12(10)13)17(20)22-18(2,3)4/h5,10-15H,1,6-9H2,2-4H3. The maximum atomic E-state index is 12.3. The van der Waals surface area contributed by atoms with Crippen LogP contribution in [0.15, 0.2) is 12.7 Å². The zero-order valence-electron chi connectivity index (χ0n) is 13.7. The molecule has 0 aliphatic heterocycles. The zero-order chi connectivity index (χ0) is 16.1. The van der Waals surface area contributed by atoms with Crippen molar-refractivity contribution >= 4 is 11.9 Å². The van der Waals surface area contributed by atoms with Crippen LogP contribution >= 0.6 is 0 Å². The lowest BCUT2D eigenvalue weighted by atomic mass is 9.80. The van der Waals surface area contributed by atoms with E-state index in [1.165, 1.54) is 6.08 Å². The topological polar surface area (TPSA) is 52.6 Å². The molecular weight excluding hydrogens is 280 g/mol. The molecule has 6 atom stereocenters. The molecule has 0 amide bonds. The summed E-state index contributed by atoms with van der Waals surface area (Å²) in [5, 5.41) is 0. The molecule has 122 valence electrons. The average molecular weight is 306 g/mol. The van der Waals surface area contributed by atoms with Gasteiger partial charge in [-0.15, -0.1) is 0 Å². The Labute approximate surface area is 132 Å². The molecule has 3 rings (SSSR count). The maximum absolute atomic E-state index is 12.3. The Morgan fingerprint density at radius 2 is 1.73 bits per heavy atom. The van der Waals surface area contributed by atoms with Gasteiger partial charge in [0.15, 0.2) is 0 Å². The van der Waals surface area contributed by atoms with E-state index >= 15 is 0 Å². The van der Waals surface area contributed by atoms with Gasteiger partial charge in [-0.2, -0.15) is 0 Å². The van der Waals surface area contributed by atoms with Gasteiger partial charge in [-0.1, -0.05) is 6.58 Å². The third-order valence-corrected chi connectivity index (χ3v) is 5.58. The number of hydrogen-bond acceptors (Lipinski definition) is 4. The largest absolute Gasteiger partial charge is 0.460 e. The zero-order valence-corrected chi connectivity index (χ0v) is 13.7. The van der Waals surface area contributed by atoms with Crippen LogP contribution < -0.4 is 0 Å². The number of fused-ring (bicyclic) bond motifs is 5. The smallest absolute Gasteiger partial charge is 0.330 e. The first-order valence-corrected chi connectivity index (χ1v) is 8.34. The highest BCUT2D eigenvalue weighted by molar-refractivity contribution is 5.81. The second-order valence-electron chi connectivity index (χ2n) is 8.10. The molecule has 4 heteroatoms. The number of ether oxygens (including phenoxy) is 2. The fraction of sp³-hybridized carbons (Fsp3) is 0.778. The molecule has 2 bridgehead atoms. The number of carbonyl (C=O) groups is 2. The fourth-order valence-corrected chi connectivity index (χ4v) is 4.92. The Balaban J connectivity index is 1.62. The molecule has 0 aromatic heterocycles. The lowest BCUT2D eigenvalue weighted by molar-refractivity contribution is -0.160. The van der Waals surface area contributed by atoms with Crippen LogP contribution in [0.1, 0.15) is 46.5 Å². The molecule has 3 saturated carbocycles. The minimum atomic E-state index is -0.421. The second kappa shape index (κ2) is 5.39. The quantitative estimate of drug-likeness (QED) is 0.594. The molecule has 0 N–H and O–H groups in total. The van der Waals surface area contributed by atoms with Crippen molar-refractivity contribution in [1.82, 2.24) is 0 Å². The van der Waals surface area contributed by atoms with Gasteiger partial charge < -0.3 is 9.47 Å². The Hall–Kier alpha value is -1.32. The van der Waals surface area contributed by atoms with Crippen LogP contribution in [-0.2, 0) is 19.1 Å². The number of rotatable bonds is 3. The molecule has 3 fully saturated rings. The summed E-state index contributed by atoms with van der Waals surface area (Å²) in [6.45, 7) is 9.20. The summed E-state index contributed by atoms with van der Waals surface area (Å²) in [4.78, 5) is 23.8. The van der Waals surface area contributed by atoms with Crippen LogP contribution in [-0.4, -0.2) is 23.6 Å². The van der Waals surface area contributed by atoms with E-state index in [0.29, 0.717) is 23.7 Å². The van der Waals surface area contributed by atoms with Crippen LogP contribution in [0.3, 0.4) is 0 Å². The molecular formula is C18H26O4. The molecule has 22 heavy (non-hydrogen) atoms. The van der Waals surface area contributed by atoms with Crippen molar-refractivity contribution in [2.24, 2.45) is 29.6 Å². The van der Waals surface area contributed by atoms with Crippen LogP contribution in [0.4, 0.5) is 0 Å². The number of carbonyl (C=O) groups excluding carboxylic acids is 2. The Bertz CT molecular complexity index is 490. The van der Waals surface area contributed by atoms with E-state index in [4.69, 9.17) is 9.47 Å². The van der Waals surface area contributed by atoms with E-state index in [9.17, 15) is 9.59 Å². The van der Waals surface area contributed by atoms with Crippen LogP contribution in [0.5, 0.6) is 0 Å². The first-order valence-electron chi connectivity index (χ1n) is 8.34. The highest BCUT2D eigenvalue weighted by atomic mass is 16.6. The van der Waals surface area contributed by atoms with Gasteiger partial charge in [-0.3, -0.25) is 4.79 Å². The van der Waals surface area contributed by atoms with E-state index in [1.807, 2.05) is 20.8 Å². The average Bonchev–Trinajstić information content (AvgIpc) is 3.06. The molecule has 0 radical (unpaired) electrons. The molecule has 4 nitrogen and oxygen atoms in total. The Morgan fingerprint density at radius 3 is 2.36 bits per heavy atom. The molecule has 0 spiro atoms. The first-order chi connectivity index (χ1) is 10.3. The summed E-state index contributed by atoms with van der Waals surface area (Å²) in [6.07, 6.45) is 5.19. The monoisotopic (exact) mass is 306 g/mol. The first kappa shape index (κ1) is 15.6. The minimum absolute atomic E-state index is 0.0216. The van der Waals surface area contributed by atoms with Gasteiger partial charge in [-0.25, -0.2) is 4.79 Å². The molecule has 3 aliphatic rings. The summed E-state index contributed by atoms with van der Waals surface area (Å²) in [7, 11) is 0. The molecule has 0 aromatic carbocycles. The molecule has 0 saturated heterocycles. The number of hydrogen-bond donors (Lipinski definition) is 0. The highest BCUT2D eigenvalue weighted by Crippen LogP contribution is 2.61. The van der Waals surface area contributed by atoms with Crippen molar-refractivity contribution in [3.8, 4) is 0 Å². The lowest BCUT2D eigenvalue weighted by Gasteiger charge is -2.30. The van der Waals surface area contributed by atoms with Gasteiger partial charge >= 0.3 is 11.9 Å². The van der Waals surface area contributed by atoms with E-state index in [0.717, 1.165) is 25.7 Å². The normalized spacial score (nSPS) is 39.4. The van der Waals surface area contributed by atoms with Crippen molar-refractivity contribution in [2.45, 2.75) is 58.2 Å². The summed E-state index contributed by atoms with van der Waals surface area (Å²) in [5.74, 6) is 1.79. The van der Waals surface area contributed by atoms with Crippen molar-refractivity contribution in [3.63, 3.8) is 0 Å². The molecule has 6 unspecified atom stereocenters. The van der Waals surface area contributed by atoms with E-state index in [1.54, 1.807) is 0 Å². The Kier molecular flexibility index (Phi) is 3.82. The van der Waals surface area contributed by atoms with Crippen molar-refractivity contribution in [2.75, 3.05) is 0 Å². The van der Waals surface area contributed by atoms with Gasteiger partial charge in [0.1, 0.15) is 11.7 Å². The van der Waals surface area contributed by atoms with Crippen LogP contribution in [0, 0.1) is 29.6 Å². The SMILES string of the molecule is C=CC(=O)OC1CC2CC1C1CC(C(=O)OC(C)(C)C)CC21. The third-order valence-electron chi connectivity index (χ3n) is 5.58. The van der Waals surface area contributed by atoms with Gasteiger partial charge in [0.25, 0.3) is 0 Å². The van der Waals surface area contributed by atoms with E-state index in [-0.39, 0.29) is 24.0 Å². The van der Waals surface area contributed by atoms with Gasteiger partial charge in [-0.05, 0) is 70.1 Å². The van der Waals surface area contributed by atoms with Crippen LogP contribution in [0.25, 0.3) is 0 Å². The van der Waals surface area contributed by atoms with Gasteiger partial charge in [0, 0.05) is 6.08 Å². The maximum Gasteiger partial charge on any atom is 0.330 e. The van der Waals surface area contributed by atoms with E-state index in [2.05, 4.69) is 6.58 Å².